The number of hydrogen-bond donors (Lipinski definition) is 1. The predicted molar refractivity (Wildman–Crippen MR) is 61.9 cm³/mol. The molecule has 0 aromatic rings. The third-order valence-corrected chi connectivity index (χ3v) is 3.88. The monoisotopic (exact) mass is 212 g/mol. The fourth-order valence-corrected chi connectivity index (χ4v) is 2.97. The predicted octanol–water partition coefficient (Wildman–Crippen LogP) is 0.785. The first kappa shape index (κ1) is 11.4. The lowest BCUT2D eigenvalue weighted by molar-refractivity contribution is 0.195. The second-order valence-electron chi connectivity index (χ2n) is 5.08. The molecule has 0 bridgehead atoms. The van der Waals surface area contributed by atoms with Crippen LogP contribution in [0.25, 0.3) is 0 Å². The topological polar surface area (TPSA) is 26.7 Å². The molecule has 2 aliphatic rings. The molecule has 0 amide bonds. The van der Waals surface area contributed by atoms with Gasteiger partial charge in [0.25, 0.3) is 0 Å². The van der Waals surface area contributed by atoms with Gasteiger partial charge in [0.2, 0.25) is 0 Å². The van der Waals surface area contributed by atoms with Gasteiger partial charge >= 0.3 is 0 Å². The van der Waals surface area contributed by atoms with Crippen molar-refractivity contribution in [3.63, 3.8) is 0 Å². The Bertz CT molecular complexity index is 198. The summed E-state index contributed by atoms with van der Waals surface area (Å²) in [6, 6.07) is 0.771. The van der Waals surface area contributed by atoms with Crippen LogP contribution in [0.2, 0.25) is 0 Å². The second-order valence-corrected chi connectivity index (χ2v) is 5.08. The highest BCUT2D eigenvalue weighted by atomic mass is 16.3. The quantitative estimate of drug-likeness (QED) is 0.746. The highest BCUT2D eigenvalue weighted by Crippen LogP contribution is 2.23. The molecular formula is C12H24N2O. The molecule has 0 spiro atoms. The van der Waals surface area contributed by atoms with Crippen molar-refractivity contribution in [1.29, 1.82) is 0 Å². The summed E-state index contributed by atoms with van der Waals surface area (Å²) in [5, 5.41) is 9.13. The number of aliphatic hydroxyl groups is 1. The minimum atomic E-state index is 0.377. The SMILES string of the molecule is CCCN1CCC(N2CCC(CO)C2)C1. The highest BCUT2D eigenvalue weighted by Gasteiger charge is 2.31. The number of rotatable bonds is 4. The maximum Gasteiger partial charge on any atom is 0.0471 e. The van der Waals surface area contributed by atoms with Gasteiger partial charge in [0.05, 0.1) is 0 Å². The van der Waals surface area contributed by atoms with Crippen molar-refractivity contribution in [3.8, 4) is 0 Å². The number of aliphatic hydroxyl groups excluding tert-OH is 1. The minimum Gasteiger partial charge on any atom is -0.396 e. The molecule has 0 radical (unpaired) electrons. The molecular weight excluding hydrogens is 188 g/mol. The number of likely N-dealkylation sites (tertiary alicyclic amines) is 2. The molecule has 15 heavy (non-hydrogen) atoms. The van der Waals surface area contributed by atoms with E-state index in [0.29, 0.717) is 12.5 Å². The Morgan fingerprint density at radius 3 is 2.73 bits per heavy atom. The van der Waals surface area contributed by atoms with Gasteiger partial charge in [0.15, 0.2) is 0 Å². The summed E-state index contributed by atoms with van der Waals surface area (Å²) in [5.41, 5.74) is 0. The molecule has 2 heterocycles. The zero-order chi connectivity index (χ0) is 10.7. The molecule has 2 atom stereocenters. The van der Waals surface area contributed by atoms with Gasteiger partial charge in [-0.1, -0.05) is 6.92 Å². The van der Waals surface area contributed by atoms with E-state index in [1.165, 1.54) is 45.4 Å². The van der Waals surface area contributed by atoms with Crippen LogP contribution in [0.5, 0.6) is 0 Å². The normalized spacial score (nSPS) is 34.0. The molecule has 0 aromatic heterocycles. The van der Waals surface area contributed by atoms with Crippen LogP contribution in [0.3, 0.4) is 0 Å². The third-order valence-electron chi connectivity index (χ3n) is 3.88. The lowest BCUT2D eigenvalue weighted by Crippen LogP contribution is -2.36. The van der Waals surface area contributed by atoms with Crippen molar-refractivity contribution in [1.82, 2.24) is 9.80 Å². The molecule has 1 N–H and O–H groups in total. The average Bonchev–Trinajstić information content (AvgIpc) is 2.85. The molecule has 3 heteroatoms. The van der Waals surface area contributed by atoms with E-state index < -0.39 is 0 Å². The van der Waals surface area contributed by atoms with Gasteiger partial charge in [-0.2, -0.15) is 0 Å². The fourth-order valence-electron chi connectivity index (χ4n) is 2.97. The van der Waals surface area contributed by atoms with E-state index in [0.717, 1.165) is 12.6 Å². The van der Waals surface area contributed by atoms with Crippen molar-refractivity contribution in [2.45, 2.75) is 32.2 Å². The maximum atomic E-state index is 9.13. The number of nitrogens with zero attached hydrogens (tertiary/aromatic N) is 2. The zero-order valence-corrected chi connectivity index (χ0v) is 9.86. The lowest BCUT2D eigenvalue weighted by Gasteiger charge is -2.24. The molecule has 2 rings (SSSR count). The molecule has 2 aliphatic heterocycles. The van der Waals surface area contributed by atoms with Crippen molar-refractivity contribution in [2.75, 3.05) is 39.3 Å². The lowest BCUT2D eigenvalue weighted by atomic mass is 10.1. The molecule has 3 nitrogen and oxygen atoms in total. The van der Waals surface area contributed by atoms with Crippen LogP contribution < -0.4 is 0 Å². The number of hydrogen-bond acceptors (Lipinski definition) is 3. The Kier molecular flexibility index (Phi) is 4.00. The van der Waals surface area contributed by atoms with Crippen LogP contribution in [0, 0.1) is 5.92 Å². The summed E-state index contributed by atoms with van der Waals surface area (Å²) in [6.45, 7) is 8.75. The summed E-state index contributed by atoms with van der Waals surface area (Å²) < 4.78 is 0. The Morgan fingerprint density at radius 1 is 1.20 bits per heavy atom. The summed E-state index contributed by atoms with van der Waals surface area (Å²) in [6.07, 6.45) is 3.80. The molecule has 2 fully saturated rings. The van der Waals surface area contributed by atoms with Crippen molar-refractivity contribution in [3.05, 3.63) is 0 Å². The van der Waals surface area contributed by atoms with Gasteiger partial charge in [-0.05, 0) is 44.8 Å². The smallest absolute Gasteiger partial charge is 0.0471 e. The van der Waals surface area contributed by atoms with Crippen LogP contribution >= 0.6 is 0 Å². The zero-order valence-electron chi connectivity index (χ0n) is 9.86. The molecule has 0 aromatic carbocycles. The van der Waals surface area contributed by atoms with Gasteiger partial charge in [0.1, 0.15) is 0 Å². The van der Waals surface area contributed by atoms with E-state index >= 15 is 0 Å². The Morgan fingerprint density at radius 2 is 2.07 bits per heavy atom. The van der Waals surface area contributed by atoms with Crippen molar-refractivity contribution < 1.29 is 5.11 Å². The van der Waals surface area contributed by atoms with Crippen LogP contribution in [-0.2, 0) is 0 Å². The first-order chi connectivity index (χ1) is 7.33. The largest absolute Gasteiger partial charge is 0.396 e. The standard InChI is InChI=1S/C12H24N2O/c1-2-5-13-6-4-12(9-13)14-7-3-11(8-14)10-15/h11-12,15H,2-10H2,1H3. The van der Waals surface area contributed by atoms with Crippen LogP contribution in [0.15, 0.2) is 0 Å². The molecule has 0 saturated carbocycles. The second kappa shape index (κ2) is 5.28. The Labute approximate surface area is 93.1 Å². The van der Waals surface area contributed by atoms with Crippen LogP contribution in [0.4, 0.5) is 0 Å². The summed E-state index contributed by atoms with van der Waals surface area (Å²) in [7, 11) is 0. The Hall–Kier alpha value is -0.120. The third kappa shape index (κ3) is 2.71. The van der Waals surface area contributed by atoms with Gasteiger partial charge < -0.3 is 10.0 Å². The first-order valence-electron chi connectivity index (χ1n) is 6.40. The van der Waals surface area contributed by atoms with Gasteiger partial charge in [-0.25, -0.2) is 0 Å². The molecule has 2 unspecified atom stereocenters. The van der Waals surface area contributed by atoms with E-state index in [2.05, 4.69) is 16.7 Å². The summed E-state index contributed by atoms with van der Waals surface area (Å²) in [4.78, 5) is 5.17. The van der Waals surface area contributed by atoms with Gasteiger partial charge in [0, 0.05) is 25.7 Å². The molecule has 88 valence electrons. The summed E-state index contributed by atoms with van der Waals surface area (Å²) >= 11 is 0. The van der Waals surface area contributed by atoms with Crippen molar-refractivity contribution in [2.24, 2.45) is 5.92 Å². The van der Waals surface area contributed by atoms with Crippen LogP contribution in [-0.4, -0.2) is 60.3 Å². The van der Waals surface area contributed by atoms with E-state index in [4.69, 9.17) is 5.11 Å². The van der Waals surface area contributed by atoms with E-state index in [-0.39, 0.29) is 0 Å². The van der Waals surface area contributed by atoms with Gasteiger partial charge in [-0.15, -0.1) is 0 Å². The summed E-state index contributed by atoms with van der Waals surface area (Å²) in [5.74, 6) is 0.547. The Balaban J connectivity index is 1.76. The van der Waals surface area contributed by atoms with Crippen LogP contribution in [0.1, 0.15) is 26.2 Å². The van der Waals surface area contributed by atoms with E-state index in [1.807, 2.05) is 0 Å². The van der Waals surface area contributed by atoms with Crippen molar-refractivity contribution >= 4 is 0 Å². The van der Waals surface area contributed by atoms with Gasteiger partial charge in [-0.3, -0.25) is 4.90 Å². The average molecular weight is 212 g/mol. The minimum absolute atomic E-state index is 0.377. The maximum absolute atomic E-state index is 9.13. The fraction of sp³-hybridized carbons (Fsp3) is 1.00. The van der Waals surface area contributed by atoms with E-state index in [9.17, 15) is 0 Å². The molecule has 0 aliphatic carbocycles. The van der Waals surface area contributed by atoms with E-state index in [1.54, 1.807) is 0 Å². The molecule has 2 saturated heterocycles. The highest BCUT2D eigenvalue weighted by molar-refractivity contribution is 4.87. The first-order valence-corrected chi connectivity index (χ1v) is 6.40.